The average molecular weight is 697 g/mol. The number of benzene rings is 3. The normalized spacial score (nSPS) is 13.3. The van der Waals surface area contributed by atoms with Gasteiger partial charge in [0.2, 0.25) is 5.88 Å². The van der Waals surface area contributed by atoms with Crippen LogP contribution in [-0.4, -0.2) is 33.1 Å². The van der Waals surface area contributed by atoms with Crippen molar-refractivity contribution < 1.29 is 9.47 Å². The number of halogens is 2. The summed E-state index contributed by atoms with van der Waals surface area (Å²) in [6.07, 6.45) is 9.09. The van der Waals surface area contributed by atoms with Crippen molar-refractivity contribution in [2.45, 2.75) is 79.1 Å². The summed E-state index contributed by atoms with van der Waals surface area (Å²) in [6.45, 7) is 10.0. The molecular weight excluding hydrogens is 656 g/mol. The third-order valence-corrected chi connectivity index (χ3v) is 9.22. The lowest BCUT2D eigenvalue weighted by atomic mass is 9.99. The molecule has 2 heterocycles. The van der Waals surface area contributed by atoms with Gasteiger partial charge in [-0.3, -0.25) is 0 Å². The molecule has 222 valence electrons. The van der Waals surface area contributed by atoms with Gasteiger partial charge in [0.15, 0.2) is 11.2 Å². The minimum Gasteiger partial charge on any atom is -0.476 e. The number of fused-ring (bicyclic) bond motifs is 7. The monoisotopic (exact) mass is 694 g/mol. The van der Waals surface area contributed by atoms with Gasteiger partial charge in [0.1, 0.15) is 0 Å². The summed E-state index contributed by atoms with van der Waals surface area (Å²) >= 11 is 7.33. The van der Waals surface area contributed by atoms with Crippen LogP contribution >= 0.6 is 31.9 Å². The van der Waals surface area contributed by atoms with Crippen LogP contribution in [0.3, 0.4) is 0 Å². The molecule has 0 saturated heterocycles. The second kappa shape index (κ2) is 14.3. The van der Waals surface area contributed by atoms with E-state index in [0.717, 1.165) is 67.2 Å². The predicted molar refractivity (Wildman–Crippen MR) is 181 cm³/mol. The van der Waals surface area contributed by atoms with E-state index in [1.54, 1.807) is 0 Å². The van der Waals surface area contributed by atoms with Gasteiger partial charge in [0.05, 0.1) is 24.2 Å². The summed E-state index contributed by atoms with van der Waals surface area (Å²) in [4.78, 5) is 19.9. The maximum atomic E-state index is 6.45. The first kappa shape index (κ1) is 30.9. The van der Waals surface area contributed by atoms with Crippen LogP contribution in [0.4, 0.5) is 0 Å². The summed E-state index contributed by atoms with van der Waals surface area (Å²) in [7, 11) is 0. The van der Waals surface area contributed by atoms with E-state index in [9.17, 15) is 0 Å². The van der Waals surface area contributed by atoms with E-state index in [1.165, 1.54) is 25.7 Å². The number of hydrogen-bond donors (Lipinski definition) is 0. The molecule has 0 aliphatic rings. The highest BCUT2D eigenvalue weighted by molar-refractivity contribution is 9.10. The van der Waals surface area contributed by atoms with Crippen LogP contribution < -0.4 is 9.47 Å². The number of rotatable bonds is 14. The van der Waals surface area contributed by atoms with E-state index in [-0.39, 0.29) is 0 Å². The van der Waals surface area contributed by atoms with E-state index in [4.69, 9.17) is 29.4 Å². The fourth-order valence-electron chi connectivity index (χ4n) is 5.52. The Bertz CT molecular complexity index is 1690. The van der Waals surface area contributed by atoms with E-state index in [2.05, 4.69) is 96.0 Å². The Morgan fingerprint density at radius 3 is 1.71 bits per heavy atom. The van der Waals surface area contributed by atoms with Crippen molar-refractivity contribution in [1.29, 1.82) is 0 Å². The van der Waals surface area contributed by atoms with Crippen molar-refractivity contribution in [2.24, 2.45) is 11.8 Å². The molecule has 0 aliphatic heterocycles. The zero-order chi connectivity index (χ0) is 29.6. The molecule has 8 heteroatoms. The third-order valence-electron chi connectivity index (χ3n) is 8.23. The van der Waals surface area contributed by atoms with Gasteiger partial charge in [-0.15, -0.1) is 0 Å². The number of nitrogens with zero attached hydrogens (tertiary/aromatic N) is 4. The Kier molecular flexibility index (Phi) is 10.5. The Hall–Kier alpha value is -2.58. The molecule has 3 aromatic carbocycles. The predicted octanol–water partition coefficient (Wildman–Crippen LogP) is 10.6. The molecule has 0 N–H and O–H groups in total. The first-order valence-electron chi connectivity index (χ1n) is 15.4. The van der Waals surface area contributed by atoms with Gasteiger partial charge in [0.25, 0.3) is 0 Å². The van der Waals surface area contributed by atoms with Crippen LogP contribution in [0.2, 0.25) is 0 Å². The van der Waals surface area contributed by atoms with Gasteiger partial charge in [-0.05, 0) is 59.7 Å². The first-order valence-corrected chi connectivity index (χ1v) is 17.0. The molecule has 2 unspecified atom stereocenters. The summed E-state index contributed by atoms with van der Waals surface area (Å²) in [5, 5.41) is 4.27. The lowest BCUT2D eigenvalue weighted by Gasteiger charge is -2.18. The van der Waals surface area contributed by atoms with Gasteiger partial charge < -0.3 is 9.47 Å². The largest absolute Gasteiger partial charge is 0.476 e. The molecule has 6 nitrogen and oxygen atoms in total. The van der Waals surface area contributed by atoms with Crippen molar-refractivity contribution in [1.82, 2.24) is 19.9 Å². The van der Waals surface area contributed by atoms with E-state index < -0.39 is 0 Å². The molecule has 42 heavy (non-hydrogen) atoms. The highest BCUT2D eigenvalue weighted by atomic mass is 79.9. The van der Waals surface area contributed by atoms with E-state index >= 15 is 0 Å². The van der Waals surface area contributed by atoms with Gasteiger partial charge in [-0.1, -0.05) is 110 Å². The van der Waals surface area contributed by atoms with Crippen LogP contribution in [0, 0.1) is 11.8 Å². The quantitative estimate of drug-likeness (QED) is 0.0850. The molecule has 2 atom stereocenters. The van der Waals surface area contributed by atoms with Crippen molar-refractivity contribution >= 4 is 75.6 Å². The molecule has 0 saturated carbocycles. The second-order valence-corrected chi connectivity index (χ2v) is 13.1. The molecule has 0 amide bonds. The minimum atomic E-state index is 0.303. The zero-order valence-electron chi connectivity index (χ0n) is 25.1. The van der Waals surface area contributed by atoms with Crippen LogP contribution in [0.25, 0.3) is 43.7 Å². The van der Waals surface area contributed by atoms with Gasteiger partial charge in [-0.25, -0.2) is 9.97 Å². The number of unbranched alkanes of at least 4 members (excludes halogenated alkanes) is 2. The molecule has 5 rings (SSSR count). The van der Waals surface area contributed by atoms with Crippen molar-refractivity contribution in [3.8, 4) is 11.9 Å². The molecule has 5 aromatic rings. The van der Waals surface area contributed by atoms with E-state index in [0.29, 0.717) is 48.1 Å². The maximum Gasteiger partial charge on any atom is 0.321 e. The fourth-order valence-corrected chi connectivity index (χ4v) is 6.25. The Balaban J connectivity index is 1.67. The molecule has 0 radical (unpaired) electrons. The van der Waals surface area contributed by atoms with Gasteiger partial charge in [-0.2, -0.15) is 9.97 Å². The standard InChI is InChI=1S/C34H40Br2N4O2/c1-5-9-11-21(7-3)19-41-33-31-32(39-34(40-33)42-20-22(8-4)12-10-6-2)38-30-28-18-24(36)14-16-26(28)25-15-13-23(35)17-27(25)29(30)37-31/h13-18,21-22H,5-12,19-20H2,1-4H3. The van der Waals surface area contributed by atoms with Gasteiger partial charge >= 0.3 is 6.01 Å². The smallest absolute Gasteiger partial charge is 0.321 e. The van der Waals surface area contributed by atoms with Crippen LogP contribution in [0.5, 0.6) is 11.9 Å². The number of hydrogen-bond acceptors (Lipinski definition) is 6. The molecule has 2 aromatic heterocycles. The summed E-state index contributed by atoms with van der Waals surface area (Å²) in [6, 6.07) is 12.9. The highest BCUT2D eigenvalue weighted by Gasteiger charge is 2.20. The highest BCUT2D eigenvalue weighted by Crippen LogP contribution is 2.37. The van der Waals surface area contributed by atoms with Crippen molar-refractivity contribution in [3.63, 3.8) is 0 Å². The lowest BCUT2D eigenvalue weighted by molar-refractivity contribution is 0.204. The molecule has 0 aliphatic carbocycles. The summed E-state index contributed by atoms with van der Waals surface area (Å²) < 4.78 is 14.6. The first-order chi connectivity index (χ1) is 20.4. The second-order valence-electron chi connectivity index (χ2n) is 11.2. The molecule has 0 bridgehead atoms. The van der Waals surface area contributed by atoms with Crippen molar-refractivity contribution in [2.75, 3.05) is 13.2 Å². The SMILES string of the molecule is CCCCC(CC)COc1nc(OCC(CC)CCCC)c2nc3c4cc(Br)ccc4c4ccc(Br)cc4c3nc2n1. The lowest BCUT2D eigenvalue weighted by Crippen LogP contribution is -2.15. The molecular formula is C34H40Br2N4O2. The molecule has 0 fully saturated rings. The Morgan fingerprint density at radius 1 is 0.619 bits per heavy atom. The average Bonchev–Trinajstić information content (AvgIpc) is 3.00. The maximum absolute atomic E-state index is 6.45. The third kappa shape index (κ3) is 6.80. The number of ether oxygens (including phenoxy) is 2. The number of aromatic nitrogens is 4. The van der Waals surface area contributed by atoms with Crippen LogP contribution in [-0.2, 0) is 0 Å². The summed E-state index contributed by atoms with van der Waals surface area (Å²) in [5.74, 6) is 1.35. The van der Waals surface area contributed by atoms with Crippen LogP contribution in [0.15, 0.2) is 45.3 Å². The Labute approximate surface area is 265 Å². The van der Waals surface area contributed by atoms with Crippen LogP contribution in [0.1, 0.15) is 79.1 Å². The Morgan fingerprint density at radius 2 is 1.17 bits per heavy atom. The topological polar surface area (TPSA) is 70.0 Å². The van der Waals surface area contributed by atoms with Gasteiger partial charge in [0, 0.05) is 19.7 Å². The minimum absolute atomic E-state index is 0.303. The van der Waals surface area contributed by atoms with E-state index in [1.807, 2.05) is 0 Å². The zero-order valence-corrected chi connectivity index (χ0v) is 28.2. The van der Waals surface area contributed by atoms with Crippen molar-refractivity contribution in [3.05, 3.63) is 45.3 Å². The summed E-state index contributed by atoms with van der Waals surface area (Å²) in [5.41, 5.74) is 2.65. The molecule has 0 spiro atoms. The fraction of sp³-hybridized carbons (Fsp3) is 0.471.